The normalized spacial score (nSPS) is 10.5. The van der Waals surface area contributed by atoms with Gasteiger partial charge in [-0.05, 0) is 45.4 Å². The van der Waals surface area contributed by atoms with Gasteiger partial charge in [-0.1, -0.05) is 17.7 Å². The molecule has 0 fully saturated rings. The maximum atomic E-state index is 12.6. The number of carbonyl (C=O) groups is 2. The average molecular weight is 328 g/mol. The van der Waals surface area contributed by atoms with Gasteiger partial charge < -0.3 is 14.6 Å². The Hall–Kier alpha value is -2.56. The van der Waals surface area contributed by atoms with E-state index in [1.807, 2.05) is 31.2 Å². The lowest BCUT2D eigenvalue weighted by Gasteiger charge is -2.17. The zero-order valence-electron chi connectivity index (χ0n) is 14.9. The Labute approximate surface area is 142 Å². The van der Waals surface area contributed by atoms with E-state index >= 15 is 0 Å². The molecule has 5 nitrogen and oxygen atoms in total. The van der Waals surface area contributed by atoms with Gasteiger partial charge in [0.05, 0.1) is 6.54 Å². The number of hydrogen-bond donors (Lipinski definition) is 1. The van der Waals surface area contributed by atoms with Crippen LogP contribution in [0.4, 0.5) is 0 Å². The summed E-state index contributed by atoms with van der Waals surface area (Å²) < 4.78 is 5.66. The summed E-state index contributed by atoms with van der Waals surface area (Å²) in [5.41, 5.74) is 3.68. The van der Waals surface area contributed by atoms with Crippen LogP contribution < -0.4 is 4.74 Å². The van der Waals surface area contributed by atoms with Gasteiger partial charge >= 0.3 is 0 Å². The summed E-state index contributed by atoms with van der Waals surface area (Å²) in [5, 5.41) is 0. The van der Waals surface area contributed by atoms with Crippen LogP contribution in [0.25, 0.3) is 0 Å². The number of aryl methyl sites for hydroxylation is 2. The van der Waals surface area contributed by atoms with Crippen molar-refractivity contribution in [3.8, 4) is 5.75 Å². The fourth-order valence-electron chi connectivity index (χ4n) is 2.72. The number of ketones is 1. The molecule has 0 unspecified atom stereocenters. The summed E-state index contributed by atoms with van der Waals surface area (Å²) in [6, 6.07) is 7.79. The summed E-state index contributed by atoms with van der Waals surface area (Å²) in [6.07, 6.45) is 0. The minimum atomic E-state index is -0.143. The molecule has 128 valence electrons. The molecule has 0 saturated carbocycles. The minimum Gasteiger partial charge on any atom is -0.492 e. The number of likely N-dealkylation sites (N-methyl/N-ethyl adjacent to an activating group) is 1. The number of aromatic nitrogens is 1. The van der Waals surface area contributed by atoms with Crippen molar-refractivity contribution in [3.63, 3.8) is 0 Å². The van der Waals surface area contributed by atoms with Crippen molar-refractivity contribution in [2.75, 3.05) is 20.2 Å². The van der Waals surface area contributed by atoms with Gasteiger partial charge in [0.1, 0.15) is 18.1 Å². The van der Waals surface area contributed by atoms with Crippen LogP contribution in [0, 0.1) is 20.8 Å². The molecule has 1 heterocycles. The minimum absolute atomic E-state index is 0.0364. The zero-order valence-corrected chi connectivity index (χ0v) is 14.9. The molecule has 0 bridgehead atoms. The molecule has 1 amide bonds. The number of H-pyrrole nitrogens is 1. The molecule has 0 saturated heterocycles. The second-order valence-electron chi connectivity index (χ2n) is 6.07. The van der Waals surface area contributed by atoms with Crippen LogP contribution in [-0.2, 0) is 0 Å². The molecule has 0 aliphatic heterocycles. The number of hydrogen-bond acceptors (Lipinski definition) is 3. The summed E-state index contributed by atoms with van der Waals surface area (Å²) in [5.74, 6) is 0.605. The van der Waals surface area contributed by atoms with Crippen LogP contribution in [0.3, 0.4) is 0 Å². The predicted octanol–water partition coefficient (Wildman–Crippen LogP) is 3.29. The first kappa shape index (κ1) is 17.8. The summed E-state index contributed by atoms with van der Waals surface area (Å²) >= 11 is 0. The van der Waals surface area contributed by atoms with Gasteiger partial charge in [0.25, 0.3) is 5.91 Å². The fourth-order valence-corrected chi connectivity index (χ4v) is 2.72. The second kappa shape index (κ2) is 7.34. The Balaban J connectivity index is 1.98. The first-order valence-corrected chi connectivity index (χ1v) is 7.96. The highest BCUT2D eigenvalue weighted by Crippen LogP contribution is 2.19. The zero-order chi connectivity index (χ0) is 17.9. The monoisotopic (exact) mass is 328 g/mol. The number of Topliss-reactive ketones (excluding diaryl/α,β-unsaturated/α-hetero) is 1. The molecule has 24 heavy (non-hydrogen) atoms. The molecule has 0 atom stereocenters. The van der Waals surface area contributed by atoms with Crippen molar-refractivity contribution in [2.45, 2.75) is 27.7 Å². The Morgan fingerprint density at radius 2 is 1.75 bits per heavy atom. The molecular weight excluding hydrogens is 304 g/mol. The van der Waals surface area contributed by atoms with Gasteiger partial charge in [-0.15, -0.1) is 0 Å². The SMILES string of the molecule is CC(=O)c1c(C)[nH]c(C(=O)N(C)CCOc2ccc(C)cc2)c1C. The summed E-state index contributed by atoms with van der Waals surface area (Å²) in [6.45, 7) is 8.00. The predicted molar refractivity (Wildman–Crippen MR) is 93.9 cm³/mol. The molecule has 1 aromatic carbocycles. The summed E-state index contributed by atoms with van der Waals surface area (Å²) in [7, 11) is 1.73. The molecule has 1 aromatic heterocycles. The van der Waals surface area contributed by atoms with Crippen molar-refractivity contribution in [1.29, 1.82) is 0 Å². The van der Waals surface area contributed by atoms with Gasteiger partial charge in [0.2, 0.25) is 0 Å². The number of nitrogens with zero attached hydrogens (tertiary/aromatic N) is 1. The number of benzene rings is 1. The number of ether oxygens (including phenoxy) is 1. The van der Waals surface area contributed by atoms with Gasteiger partial charge in [0, 0.05) is 18.3 Å². The molecule has 1 N–H and O–H groups in total. The maximum absolute atomic E-state index is 12.6. The van der Waals surface area contributed by atoms with Crippen molar-refractivity contribution < 1.29 is 14.3 Å². The van der Waals surface area contributed by atoms with E-state index in [1.165, 1.54) is 12.5 Å². The first-order valence-electron chi connectivity index (χ1n) is 7.96. The van der Waals surface area contributed by atoms with E-state index in [2.05, 4.69) is 4.98 Å². The highest BCUT2D eigenvalue weighted by Gasteiger charge is 2.22. The topological polar surface area (TPSA) is 62.4 Å². The van der Waals surface area contributed by atoms with Gasteiger partial charge in [0.15, 0.2) is 5.78 Å². The van der Waals surface area contributed by atoms with Crippen LogP contribution in [0.15, 0.2) is 24.3 Å². The highest BCUT2D eigenvalue weighted by atomic mass is 16.5. The smallest absolute Gasteiger partial charge is 0.270 e. The van der Waals surface area contributed by atoms with Gasteiger partial charge in [-0.2, -0.15) is 0 Å². The largest absolute Gasteiger partial charge is 0.492 e. The van der Waals surface area contributed by atoms with E-state index in [0.717, 1.165) is 11.4 Å². The third-order valence-electron chi connectivity index (χ3n) is 4.07. The van der Waals surface area contributed by atoms with Crippen LogP contribution in [0.2, 0.25) is 0 Å². The van der Waals surface area contributed by atoms with Crippen LogP contribution in [-0.4, -0.2) is 41.8 Å². The standard InChI is InChI=1S/C19H24N2O3/c1-12-6-8-16(9-7-12)24-11-10-21(5)19(23)18-13(2)17(15(4)22)14(3)20-18/h6-9,20H,10-11H2,1-5H3. The van der Waals surface area contributed by atoms with Crippen molar-refractivity contribution in [2.24, 2.45) is 0 Å². The Bertz CT molecular complexity index is 745. The van der Waals surface area contributed by atoms with Gasteiger partial charge in [-0.25, -0.2) is 0 Å². The van der Waals surface area contributed by atoms with E-state index in [1.54, 1.807) is 25.8 Å². The molecule has 0 radical (unpaired) electrons. The van der Waals surface area contributed by atoms with E-state index in [0.29, 0.717) is 30.0 Å². The number of rotatable bonds is 6. The Morgan fingerprint density at radius 1 is 1.12 bits per heavy atom. The van der Waals surface area contributed by atoms with Crippen molar-refractivity contribution >= 4 is 11.7 Å². The third-order valence-corrected chi connectivity index (χ3v) is 4.07. The average Bonchev–Trinajstić information content (AvgIpc) is 2.83. The lowest BCUT2D eigenvalue weighted by molar-refractivity contribution is 0.0768. The first-order chi connectivity index (χ1) is 11.3. The van der Waals surface area contributed by atoms with Crippen LogP contribution in [0.5, 0.6) is 5.75 Å². The number of amides is 1. The van der Waals surface area contributed by atoms with Gasteiger partial charge in [-0.3, -0.25) is 9.59 Å². The summed E-state index contributed by atoms with van der Waals surface area (Å²) in [4.78, 5) is 28.9. The maximum Gasteiger partial charge on any atom is 0.270 e. The van der Waals surface area contributed by atoms with Crippen molar-refractivity contribution in [1.82, 2.24) is 9.88 Å². The quantitative estimate of drug-likeness (QED) is 0.828. The number of carbonyl (C=O) groups excluding carboxylic acids is 2. The lowest BCUT2D eigenvalue weighted by Crippen LogP contribution is -2.31. The van der Waals surface area contributed by atoms with E-state index in [4.69, 9.17) is 4.74 Å². The second-order valence-corrected chi connectivity index (χ2v) is 6.07. The number of aromatic amines is 1. The molecule has 2 aromatic rings. The molecule has 0 aliphatic carbocycles. The molecular formula is C19H24N2O3. The molecule has 0 spiro atoms. The van der Waals surface area contributed by atoms with E-state index in [9.17, 15) is 9.59 Å². The molecule has 0 aliphatic rings. The fraction of sp³-hybridized carbons (Fsp3) is 0.368. The van der Waals surface area contributed by atoms with E-state index < -0.39 is 0 Å². The molecule has 2 rings (SSSR count). The highest BCUT2D eigenvalue weighted by molar-refractivity contribution is 6.02. The Morgan fingerprint density at radius 3 is 2.29 bits per heavy atom. The molecule has 5 heteroatoms. The van der Waals surface area contributed by atoms with Crippen LogP contribution in [0.1, 0.15) is 44.6 Å². The van der Waals surface area contributed by atoms with Crippen LogP contribution >= 0.6 is 0 Å². The Kier molecular flexibility index (Phi) is 5.44. The van der Waals surface area contributed by atoms with Crippen molar-refractivity contribution in [3.05, 3.63) is 52.3 Å². The lowest BCUT2D eigenvalue weighted by atomic mass is 10.1. The third kappa shape index (κ3) is 3.85. The number of nitrogens with one attached hydrogen (secondary N) is 1. The van der Waals surface area contributed by atoms with E-state index in [-0.39, 0.29) is 11.7 Å².